The van der Waals surface area contributed by atoms with Crippen molar-refractivity contribution in [3.05, 3.63) is 27.4 Å². The number of ether oxygens (including phenoxy) is 1. The number of likely N-dealkylation sites (tertiary alicyclic amines) is 1. The van der Waals surface area contributed by atoms with Crippen molar-refractivity contribution in [3.63, 3.8) is 0 Å². The van der Waals surface area contributed by atoms with Crippen LogP contribution in [-0.2, 0) is 4.74 Å². The van der Waals surface area contributed by atoms with E-state index in [0.29, 0.717) is 31.7 Å². The molecular formula is C17H26N4O4. The van der Waals surface area contributed by atoms with Crippen LogP contribution in [0.4, 0.5) is 16.3 Å². The molecule has 1 saturated heterocycles. The molecular weight excluding hydrogens is 324 g/mol. The van der Waals surface area contributed by atoms with E-state index < -0.39 is 10.5 Å². The fourth-order valence-corrected chi connectivity index (χ4v) is 2.66. The molecule has 1 aromatic heterocycles. The van der Waals surface area contributed by atoms with Gasteiger partial charge in [0.25, 0.3) is 0 Å². The second-order valence-electron chi connectivity index (χ2n) is 7.40. The highest BCUT2D eigenvalue weighted by molar-refractivity contribution is 5.68. The topological polar surface area (TPSA) is 97.6 Å². The van der Waals surface area contributed by atoms with Crippen LogP contribution in [0.3, 0.4) is 0 Å². The maximum atomic E-state index is 12.1. The second-order valence-corrected chi connectivity index (χ2v) is 7.40. The van der Waals surface area contributed by atoms with Gasteiger partial charge in [-0.1, -0.05) is 0 Å². The van der Waals surface area contributed by atoms with Crippen LogP contribution in [0.2, 0.25) is 0 Å². The van der Waals surface area contributed by atoms with E-state index in [0.717, 1.165) is 11.3 Å². The summed E-state index contributed by atoms with van der Waals surface area (Å²) in [5.74, 6) is 0.295. The van der Waals surface area contributed by atoms with Gasteiger partial charge < -0.3 is 15.0 Å². The minimum absolute atomic E-state index is 0.0160. The Hall–Kier alpha value is -2.38. The number of rotatable bonds is 3. The van der Waals surface area contributed by atoms with Gasteiger partial charge in [-0.05, 0) is 53.0 Å². The standard InChI is InChI=1S/C17H26N4O4/c1-11-10-14(21(23)24)15(18-12(11)2)19-13-6-8-20(9-7-13)16(22)25-17(3,4)5/h10,13H,6-9H2,1-5H3,(H,18,19). The summed E-state index contributed by atoms with van der Waals surface area (Å²) in [6.45, 7) is 10.2. The third-order valence-electron chi connectivity index (χ3n) is 4.13. The first kappa shape index (κ1) is 19.0. The molecule has 0 aromatic carbocycles. The monoisotopic (exact) mass is 350 g/mol. The van der Waals surface area contributed by atoms with Crippen molar-refractivity contribution in [1.82, 2.24) is 9.88 Å². The fraction of sp³-hybridized carbons (Fsp3) is 0.647. The van der Waals surface area contributed by atoms with Crippen LogP contribution in [0, 0.1) is 24.0 Å². The molecule has 8 heteroatoms. The molecule has 0 saturated carbocycles. The van der Waals surface area contributed by atoms with Gasteiger partial charge >= 0.3 is 11.8 Å². The maximum absolute atomic E-state index is 12.1. The summed E-state index contributed by atoms with van der Waals surface area (Å²) < 4.78 is 5.38. The number of hydrogen-bond acceptors (Lipinski definition) is 6. The zero-order valence-corrected chi connectivity index (χ0v) is 15.5. The summed E-state index contributed by atoms with van der Waals surface area (Å²) in [4.78, 5) is 28.9. The van der Waals surface area contributed by atoms with Gasteiger partial charge in [-0.15, -0.1) is 0 Å². The number of aryl methyl sites for hydroxylation is 2. The molecule has 0 atom stereocenters. The lowest BCUT2D eigenvalue weighted by Gasteiger charge is -2.33. The van der Waals surface area contributed by atoms with Crippen LogP contribution in [0.5, 0.6) is 0 Å². The quantitative estimate of drug-likeness (QED) is 0.662. The number of piperidine rings is 1. The normalized spacial score (nSPS) is 15.8. The van der Waals surface area contributed by atoms with Crippen LogP contribution < -0.4 is 5.32 Å². The summed E-state index contributed by atoms with van der Waals surface area (Å²) in [7, 11) is 0. The third kappa shape index (κ3) is 5.04. The molecule has 0 spiro atoms. The fourth-order valence-electron chi connectivity index (χ4n) is 2.66. The molecule has 1 amide bonds. The molecule has 1 fully saturated rings. The van der Waals surface area contributed by atoms with Crippen molar-refractivity contribution in [1.29, 1.82) is 0 Å². The lowest BCUT2D eigenvalue weighted by molar-refractivity contribution is -0.384. The SMILES string of the molecule is Cc1cc([N+](=O)[O-])c(NC2CCN(C(=O)OC(C)(C)C)CC2)nc1C. The summed E-state index contributed by atoms with van der Waals surface area (Å²) in [5.41, 5.74) is 1.02. The molecule has 1 aliphatic rings. The zero-order chi connectivity index (χ0) is 18.8. The number of anilines is 1. The van der Waals surface area contributed by atoms with Crippen molar-refractivity contribution in [2.75, 3.05) is 18.4 Å². The molecule has 1 aromatic rings. The van der Waals surface area contributed by atoms with Crippen LogP contribution in [0.25, 0.3) is 0 Å². The number of carbonyl (C=O) groups excluding carboxylic acids is 1. The second kappa shape index (κ2) is 7.25. The summed E-state index contributed by atoms with van der Waals surface area (Å²) in [5, 5.41) is 14.4. The number of carbonyl (C=O) groups is 1. The molecule has 0 unspecified atom stereocenters. The van der Waals surface area contributed by atoms with Crippen molar-refractivity contribution in [3.8, 4) is 0 Å². The van der Waals surface area contributed by atoms with Crippen LogP contribution in [0.1, 0.15) is 44.9 Å². The van der Waals surface area contributed by atoms with E-state index in [-0.39, 0.29) is 17.8 Å². The van der Waals surface area contributed by atoms with E-state index in [1.807, 2.05) is 27.7 Å². The minimum atomic E-state index is -0.518. The maximum Gasteiger partial charge on any atom is 0.410 e. The van der Waals surface area contributed by atoms with Gasteiger partial charge in [-0.3, -0.25) is 10.1 Å². The Balaban J connectivity index is 2.00. The average molecular weight is 350 g/mol. The van der Waals surface area contributed by atoms with Crippen LogP contribution in [-0.4, -0.2) is 45.6 Å². The number of aromatic nitrogens is 1. The molecule has 0 radical (unpaired) electrons. The molecule has 1 aliphatic heterocycles. The Kier molecular flexibility index (Phi) is 5.49. The molecule has 25 heavy (non-hydrogen) atoms. The van der Waals surface area contributed by atoms with Crippen molar-refractivity contribution in [2.45, 2.75) is 59.1 Å². The number of pyridine rings is 1. The largest absolute Gasteiger partial charge is 0.444 e. The van der Waals surface area contributed by atoms with Crippen LogP contribution >= 0.6 is 0 Å². The van der Waals surface area contributed by atoms with Gasteiger partial charge in [0.15, 0.2) is 0 Å². The van der Waals surface area contributed by atoms with E-state index in [2.05, 4.69) is 10.3 Å². The van der Waals surface area contributed by atoms with Crippen molar-refractivity contribution < 1.29 is 14.5 Å². The summed E-state index contributed by atoms with van der Waals surface area (Å²) in [6.07, 6.45) is 1.05. The Morgan fingerprint density at radius 2 is 1.96 bits per heavy atom. The molecule has 1 N–H and O–H groups in total. The molecule has 2 heterocycles. The molecule has 8 nitrogen and oxygen atoms in total. The minimum Gasteiger partial charge on any atom is -0.444 e. The molecule has 0 bridgehead atoms. The van der Waals surface area contributed by atoms with E-state index in [1.165, 1.54) is 0 Å². The molecule has 2 rings (SSSR count). The predicted molar refractivity (Wildman–Crippen MR) is 94.8 cm³/mol. The number of amides is 1. The highest BCUT2D eigenvalue weighted by Crippen LogP contribution is 2.27. The molecule has 0 aliphatic carbocycles. The van der Waals surface area contributed by atoms with Gasteiger partial charge in [-0.2, -0.15) is 0 Å². The van der Waals surface area contributed by atoms with Gasteiger partial charge in [-0.25, -0.2) is 9.78 Å². The Labute approximate surface area is 147 Å². The highest BCUT2D eigenvalue weighted by atomic mass is 16.6. The Bertz CT molecular complexity index is 661. The average Bonchev–Trinajstić information content (AvgIpc) is 2.49. The van der Waals surface area contributed by atoms with E-state index in [9.17, 15) is 14.9 Å². The third-order valence-corrected chi connectivity index (χ3v) is 4.13. The number of nitro groups is 1. The predicted octanol–water partition coefficient (Wildman–Crippen LogP) is 3.42. The molecule has 138 valence electrons. The summed E-state index contributed by atoms with van der Waals surface area (Å²) >= 11 is 0. The number of nitrogens with one attached hydrogen (secondary N) is 1. The van der Waals surface area contributed by atoms with Gasteiger partial charge in [0, 0.05) is 30.9 Å². The van der Waals surface area contributed by atoms with E-state index >= 15 is 0 Å². The number of nitrogens with zero attached hydrogens (tertiary/aromatic N) is 3. The van der Waals surface area contributed by atoms with E-state index in [1.54, 1.807) is 17.9 Å². The van der Waals surface area contributed by atoms with Gasteiger partial charge in [0.2, 0.25) is 5.82 Å². The number of hydrogen-bond donors (Lipinski definition) is 1. The first-order chi connectivity index (χ1) is 11.6. The lowest BCUT2D eigenvalue weighted by atomic mass is 10.1. The Morgan fingerprint density at radius 3 is 2.48 bits per heavy atom. The van der Waals surface area contributed by atoms with Crippen molar-refractivity contribution >= 4 is 17.6 Å². The highest BCUT2D eigenvalue weighted by Gasteiger charge is 2.28. The summed E-state index contributed by atoms with van der Waals surface area (Å²) in [6, 6.07) is 1.58. The van der Waals surface area contributed by atoms with Gasteiger partial charge in [0.05, 0.1) is 4.92 Å². The van der Waals surface area contributed by atoms with Gasteiger partial charge in [0.1, 0.15) is 5.60 Å². The van der Waals surface area contributed by atoms with E-state index in [4.69, 9.17) is 4.74 Å². The van der Waals surface area contributed by atoms with Crippen LogP contribution in [0.15, 0.2) is 6.07 Å². The lowest BCUT2D eigenvalue weighted by Crippen LogP contribution is -2.44. The Morgan fingerprint density at radius 1 is 1.36 bits per heavy atom. The van der Waals surface area contributed by atoms with Crippen molar-refractivity contribution in [2.24, 2.45) is 0 Å². The smallest absolute Gasteiger partial charge is 0.410 e. The zero-order valence-electron chi connectivity index (χ0n) is 15.5. The first-order valence-corrected chi connectivity index (χ1v) is 8.44. The first-order valence-electron chi connectivity index (χ1n) is 8.44.